The van der Waals surface area contributed by atoms with Gasteiger partial charge in [0.25, 0.3) is 15.9 Å². The minimum absolute atomic E-state index is 0.00926. The Bertz CT molecular complexity index is 2570. The van der Waals surface area contributed by atoms with Crippen molar-refractivity contribution in [2.45, 2.75) is 212 Å². The zero-order valence-electron chi connectivity index (χ0n) is 45.6. The first-order valence-electron chi connectivity index (χ1n) is 25.5. The van der Waals surface area contributed by atoms with E-state index in [-0.39, 0.29) is 27.1 Å². The molecular formula is C55H88N6O6S3. The summed E-state index contributed by atoms with van der Waals surface area (Å²) in [5, 5.41) is 0. The molecule has 2 aromatic rings. The number of amides is 2. The van der Waals surface area contributed by atoms with Gasteiger partial charge in [0.2, 0.25) is 5.91 Å². The number of carbonyl (C=O) groups excluding carboxylic acids is 2. The van der Waals surface area contributed by atoms with E-state index in [1.54, 1.807) is 39.0 Å². The van der Waals surface area contributed by atoms with Crippen molar-refractivity contribution >= 4 is 58.7 Å². The molecule has 1 aromatic heterocycles. The molecule has 2 saturated heterocycles. The Morgan fingerprint density at radius 2 is 1.27 bits per heavy atom. The Kier molecular flexibility index (Phi) is 17.4. The fourth-order valence-electron chi connectivity index (χ4n) is 10.7. The fraction of sp³-hybridized carbons (Fsp3) is 0.673. The van der Waals surface area contributed by atoms with Crippen LogP contribution >= 0.6 is 0 Å². The lowest BCUT2D eigenvalue weighted by atomic mass is 9.81. The number of nitrogens with zero attached hydrogens (tertiary/aromatic N) is 6. The van der Waals surface area contributed by atoms with Crippen molar-refractivity contribution in [3.05, 3.63) is 65.0 Å². The average molecular weight is 1030 g/mol. The lowest BCUT2D eigenvalue weighted by molar-refractivity contribution is -0.135. The van der Waals surface area contributed by atoms with E-state index >= 15 is 0 Å². The van der Waals surface area contributed by atoms with E-state index in [0.29, 0.717) is 28.5 Å². The molecule has 0 radical (unpaired) electrons. The molecule has 0 bridgehead atoms. The Morgan fingerprint density at radius 3 is 1.77 bits per heavy atom. The number of likely N-dealkylation sites (tertiary alicyclic amines) is 1. The van der Waals surface area contributed by atoms with Crippen LogP contribution in [0.3, 0.4) is 0 Å². The summed E-state index contributed by atoms with van der Waals surface area (Å²) in [6.07, 6.45) is 16.6. The molecule has 9 rings (SSSR count). The standard InChI is InChI=1S/C12H16N2.C12H21NO.C12H19NO.C11H15NO3S2.C8H17NOS/c1-12(2,3)14-11-5-4-9-6-7-13-8-10(9)11;2*1-12(2,3)13-8-9-6-4-5-7-10(9)11(13)14;1-11(2,3)12-16(4,13)9-7-5-6-8-10(9)17(12,14)15;1-8(2,3)9-6-5-7-11(9,4)10/h6-8H,4-5H2,1-3H3;9-10H,4-8H2,1-3H3;4-8H2,1-3H3;5-8H,4H2,1-3H3;4-7H2,1-3H3. The second kappa shape index (κ2) is 21.2. The van der Waals surface area contributed by atoms with Crippen LogP contribution < -0.4 is 0 Å². The van der Waals surface area contributed by atoms with Crippen LogP contribution in [0, 0.1) is 11.8 Å². The molecule has 0 N–H and O–H groups in total. The van der Waals surface area contributed by atoms with Crippen LogP contribution in [0.4, 0.5) is 0 Å². The minimum Gasteiger partial charge on any atom is -0.337 e. The molecule has 4 unspecified atom stereocenters. The van der Waals surface area contributed by atoms with Crippen molar-refractivity contribution in [2.24, 2.45) is 16.8 Å². The molecule has 5 heterocycles. The highest BCUT2D eigenvalue weighted by atomic mass is 32.3. The van der Waals surface area contributed by atoms with E-state index in [9.17, 15) is 26.4 Å². The zero-order valence-corrected chi connectivity index (χ0v) is 48.0. The van der Waals surface area contributed by atoms with Gasteiger partial charge in [-0.2, -0.15) is 0 Å². The van der Waals surface area contributed by atoms with E-state index < -0.39 is 35.0 Å². The number of aryl methyl sites for hydroxylation is 1. The number of hydrogen-bond acceptors (Lipinski definition) is 8. The van der Waals surface area contributed by atoms with Crippen LogP contribution in [-0.4, -0.2) is 122 Å². The van der Waals surface area contributed by atoms with Gasteiger partial charge in [-0.3, -0.25) is 23.8 Å². The molecule has 12 nitrogen and oxygen atoms in total. The molecule has 4 atom stereocenters. The maximum Gasteiger partial charge on any atom is 0.255 e. The lowest BCUT2D eigenvalue weighted by Crippen LogP contribution is -2.45. The second-order valence-corrected chi connectivity index (χ2v) is 31.4. The third-order valence-corrected chi connectivity index (χ3v) is 21.7. The van der Waals surface area contributed by atoms with E-state index in [0.717, 1.165) is 73.2 Å². The monoisotopic (exact) mass is 1020 g/mol. The number of carbonyl (C=O) groups is 2. The maximum absolute atomic E-state index is 12.6. The van der Waals surface area contributed by atoms with Crippen LogP contribution in [0.1, 0.15) is 179 Å². The zero-order chi connectivity index (χ0) is 52.6. The highest BCUT2D eigenvalue weighted by molar-refractivity contribution is 8.11. The molecule has 1 saturated carbocycles. The summed E-state index contributed by atoms with van der Waals surface area (Å²) >= 11 is 0. The van der Waals surface area contributed by atoms with Gasteiger partial charge in [-0.1, -0.05) is 25.0 Å². The van der Waals surface area contributed by atoms with E-state index in [1.807, 2.05) is 21.6 Å². The summed E-state index contributed by atoms with van der Waals surface area (Å²) in [5.74, 6) is 9.91. The molecule has 7 aliphatic rings. The molecule has 70 heavy (non-hydrogen) atoms. The first kappa shape index (κ1) is 57.5. The number of sulfonamides is 1. The summed E-state index contributed by atoms with van der Waals surface area (Å²) in [6.45, 7) is 33.4. The largest absolute Gasteiger partial charge is 0.337 e. The molecule has 15 heteroatoms. The molecule has 0 spiro atoms. The van der Waals surface area contributed by atoms with Gasteiger partial charge in [0.1, 0.15) is 0 Å². The summed E-state index contributed by atoms with van der Waals surface area (Å²) in [5.41, 5.74) is 5.68. The number of rotatable bonds is 0. The fourth-order valence-corrected chi connectivity index (χ4v) is 18.6. The number of fused-ring (bicyclic) bond motifs is 3. The van der Waals surface area contributed by atoms with Crippen molar-refractivity contribution in [3.8, 4) is 0 Å². The van der Waals surface area contributed by atoms with Crippen molar-refractivity contribution in [3.63, 3.8) is 0 Å². The van der Waals surface area contributed by atoms with Crippen molar-refractivity contribution in [2.75, 3.05) is 25.4 Å². The predicted octanol–water partition coefficient (Wildman–Crippen LogP) is 10.1. The summed E-state index contributed by atoms with van der Waals surface area (Å²) < 4.78 is 52.2. The molecule has 392 valence electrons. The molecule has 4 aliphatic heterocycles. The summed E-state index contributed by atoms with van der Waals surface area (Å²) in [7, 11) is -8.59. The third kappa shape index (κ3) is 13.4. The summed E-state index contributed by atoms with van der Waals surface area (Å²) in [4.78, 5) is 37.6. The number of hydrogen-bond donors (Lipinski definition) is 0. The number of pyridine rings is 1. The van der Waals surface area contributed by atoms with Crippen molar-refractivity contribution in [1.82, 2.24) is 22.8 Å². The third-order valence-electron chi connectivity index (χ3n) is 13.8. The molecule has 1 aromatic carbocycles. The topological polar surface area (TPSA) is 141 Å². The maximum atomic E-state index is 12.6. The first-order chi connectivity index (χ1) is 32.0. The van der Waals surface area contributed by atoms with Crippen LogP contribution in [0.15, 0.2) is 68.7 Å². The van der Waals surface area contributed by atoms with Gasteiger partial charge in [-0.15, -0.1) is 3.71 Å². The Labute approximate surface area is 424 Å². The van der Waals surface area contributed by atoms with Crippen LogP contribution in [-0.2, 0) is 45.4 Å². The highest BCUT2D eigenvalue weighted by Crippen LogP contribution is 2.42. The normalized spacial score (nSPS) is 27.2. The van der Waals surface area contributed by atoms with Gasteiger partial charge < -0.3 is 9.80 Å². The molecular weight excluding hydrogens is 937 g/mol. The number of aliphatic imine (C=N–C) groups is 1. The van der Waals surface area contributed by atoms with Crippen molar-refractivity contribution < 1.29 is 26.4 Å². The number of aromatic nitrogens is 1. The SMILES string of the molecule is C=S1(=O)CCCN1C(C)(C)C.C=S1(=O)c2ccccc2S(=O)(=O)N1C(C)(C)C.CC(C)(C)N1CC2=C(CCCC2)C1=O.CC(C)(C)N1CC2CCCCC2C1=O.CC(C)(C)N=C1CCc2ccncc21. The van der Waals surface area contributed by atoms with Gasteiger partial charge in [-0.05, 0) is 209 Å². The average Bonchev–Trinajstić information content (AvgIpc) is 4.02. The van der Waals surface area contributed by atoms with E-state index in [1.165, 1.54) is 60.6 Å². The van der Waals surface area contributed by atoms with Crippen LogP contribution in [0.25, 0.3) is 0 Å². The Hall–Kier alpha value is -3.37. The number of benzene rings is 1. The second-order valence-electron chi connectivity index (χ2n) is 25.0. The molecule has 2 amide bonds. The summed E-state index contributed by atoms with van der Waals surface area (Å²) in [6, 6.07) is 8.43. The van der Waals surface area contributed by atoms with Crippen molar-refractivity contribution in [1.29, 1.82) is 0 Å². The Morgan fingerprint density at radius 1 is 0.671 bits per heavy atom. The van der Waals surface area contributed by atoms with Gasteiger partial charge in [0.05, 0.1) is 25.0 Å². The van der Waals surface area contributed by atoms with E-state index in [4.69, 9.17) is 4.99 Å². The van der Waals surface area contributed by atoms with Crippen LogP contribution in [0.2, 0.25) is 0 Å². The quantitative estimate of drug-likeness (QED) is 0.239. The Balaban J connectivity index is 0.000000164. The van der Waals surface area contributed by atoms with Crippen LogP contribution in [0.5, 0.6) is 0 Å². The molecule has 3 aliphatic carbocycles. The molecule has 3 fully saturated rings. The first-order valence-corrected chi connectivity index (χ1v) is 30.5. The van der Waals surface area contributed by atoms with Gasteiger partial charge in [0, 0.05) is 92.4 Å². The lowest BCUT2D eigenvalue weighted by Gasteiger charge is -2.32. The minimum atomic E-state index is -3.72. The van der Waals surface area contributed by atoms with E-state index in [2.05, 4.69) is 111 Å². The van der Waals surface area contributed by atoms with Gasteiger partial charge in [0.15, 0.2) is 0 Å². The van der Waals surface area contributed by atoms with Gasteiger partial charge in [-0.25, -0.2) is 16.9 Å². The predicted molar refractivity (Wildman–Crippen MR) is 293 cm³/mol. The highest BCUT2D eigenvalue weighted by Gasteiger charge is 2.49. The van der Waals surface area contributed by atoms with Gasteiger partial charge >= 0.3 is 0 Å². The smallest absolute Gasteiger partial charge is 0.255 e.